The fourth-order valence-electron chi connectivity index (χ4n) is 2.46. The van der Waals surface area contributed by atoms with Gasteiger partial charge in [0, 0.05) is 5.41 Å². The third-order valence-corrected chi connectivity index (χ3v) is 6.92. The summed E-state index contributed by atoms with van der Waals surface area (Å²) in [7, 11) is -3.14. The van der Waals surface area contributed by atoms with E-state index in [1.807, 2.05) is 13.8 Å². The van der Waals surface area contributed by atoms with Gasteiger partial charge in [0.05, 0.1) is 10.5 Å². The molecule has 0 radical (unpaired) electrons. The van der Waals surface area contributed by atoms with Crippen LogP contribution in [0.15, 0.2) is 24.3 Å². The van der Waals surface area contributed by atoms with Gasteiger partial charge in [-0.2, -0.15) is 0 Å². The number of hydrogen-bond donors (Lipinski definition) is 0. The van der Waals surface area contributed by atoms with E-state index in [1.165, 1.54) is 5.56 Å². The summed E-state index contributed by atoms with van der Waals surface area (Å²) in [4.78, 5) is 0. The second-order valence-corrected chi connectivity index (χ2v) is 11.9. The number of sulfone groups is 1. The second-order valence-electron chi connectivity index (χ2n) is 9.19. The molecule has 0 amide bonds. The van der Waals surface area contributed by atoms with Gasteiger partial charge in [-0.3, -0.25) is 0 Å². The zero-order valence-electron chi connectivity index (χ0n) is 15.4. The SMILES string of the molecule is CC(C)(C)Cc1ccc(C(C)(C)CS(=O)(=O)C(C)(C)C)cc1. The van der Waals surface area contributed by atoms with E-state index in [9.17, 15) is 8.42 Å². The molecule has 0 unspecified atom stereocenters. The Hall–Kier alpha value is -0.830. The van der Waals surface area contributed by atoms with Gasteiger partial charge in [-0.1, -0.05) is 58.9 Å². The molecule has 1 aromatic carbocycles. The number of rotatable bonds is 4. The molecular formula is C19H32O2S. The molecule has 3 heteroatoms. The average Bonchev–Trinajstić information content (AvgIpc) is 2.24. The van der Waals surface area contributed by atoms with Gasteiger partial charge in [-0.15, -0.1) is 0 Å². The molecule has 0 bridgehead atoms. The van der Waals surface area contributed by atoms with E-state index in [2.05, 4.69) is 45.0 Å². The van der Waals surface area contributed by atoms with Crippen LogP contribution in [0, 0.1) is 5.41 Å². The van der Waals surface area contributed by atoms with Crippen molar-refractivity contribution in [2.45, 2.75) is 72.0 Å². The van der Waals surface area contributed by atoms with Gasteiger partial charge in [0.15, 0.2) is 9.84 Å². The van der Waals surface area contributed by atoms with Crippen LogP contribution in [0.4, 0.5) is 0 Å². The van der Waals surface area contributed by atoms with Crippen LogP contribution in [0.1, 0.15) is 66.5 Å². The maximum atomic E-state index is 12.5. The Morgan fingerprint density at radius 2 is 1.27 bits per heavy atom. The second kappa shape index (κ2) is 5.99. The van der Waals surface area contributed by atoms with Gasteiger partial charge in [-0.05, 0) is 43.7 Å². The molecule has 0 aliphatic carbocycles. The normalized spacial score (nSPS) is 14.2. The van der Waals surface area contributed by atoms with Crippen LogP contribution in [-0.4, -0.2) is 18.9 Å². The number of hydrogen-bond acceptors (Lipinski definition) is 2. The monoisotopic (exact) mass is 324 g/mol. The fourth-order valence-corrected chi connectivity index (χ4v) is 4.01. The van der Waals surface area contributed by atoms with Gasteiger partial charge in [0.1, 0.15) is 0 Å². The van der Waals surface area contributed by atoms with Crippen molar-refractivity contribution in [3.8, 4) is 0 Å². The lowest BCUT2D eigenvalue weighted by atomic mass is 9.84. The van der Waals surface area contributed by atoms with Gasteiger partial charge in [-0.25, -0.2) is 8.42 Å². The summed E-state index contributed by atoms with van der Waals surface area (Å²) in [5.41, 5.74) is 2.25. The van der Waals surface area contributed by atoms with Gasteiger partial charge in [0.25, 0.3) is 0 Å². The summed E-state index contributed by atoms with van der Waals surface area (Å²) in [5.74, 6) is 0.169. The highest BCUT2D eigenvalue weighted by atomic mass is 32.2. The predicted octanol–water partition coefficient (Wildman–Crippen LogP) is 4.77. The molecule has 126 valence electrons. The first-order chi connectivity index (χ1) is 9.64. The largest absolute Gasteiger partial charge is 0.228 e. The first kappa shape index (κ1) is 19.2. The van der Waals surface area contributed by atoms with E-state index in [0.717, 1.165) is 12.0 Å². The summed E-state index contributed by atoms with van der Waals surface area (Å²) < 4.78 is 24.3. The van der Waals surface area contributed by atoms with Gasteiger partial charge < -0.3 is 0 Å². The van der Waals surface area contributed by atoms with E-state index < -0.39 is 14.6 Å². The van der Waals surface area contributed by atoms with E-state index in [1.54, 1.807) is 20.8 Å². The van der Waals surface area contributed by atoms with Crippen LogP contribution in [0.2, 0.25) is 0 Å². The number of benzene rings is 1. The lowest BCUT2D eigenvalue weighted by Gasteiger charge is -2.30. The first-order valence-electron chi connectivity index (χ1n) is 7.96. The Kier molecular flexibility index (Phi) is 5.23. The first-order valence-corrected chi connectivity index (χ1v) is 9.61. The molecule has 1 aromatic rings. The van der Waals surface area contributed by atoms with E-state index in [4.69, 9.17) is 0 Å². The van der Waals surface area contributed by atoms with Crippen LogP contribution in [-0.2, 0) is 21.7 Å². The third kappa shape index (κ3) is 5.12. The van der Waals surface area contributed by atoms with Gasteiger partial charge in [0.2, 0.25) is 0 Å². The van der Waals surface area contributed by atoms with Gasteiger partial charge >= 0.3 is 0 Å². The maximum Gasteiger partial charge on any atom is 0.156 e. The minimum Gasteiger partial charge on any atom is -0.228 e. The lowest BCUT2D eigenvalue weighted by molar-refractivity contribution is 0.411. The third-order valence-electron chi connectivity index (χ3n) is 3.95. The van der Waals surface area contributed by atoms with Crippen molar-refractivity contribution in [2.75, 3.05) is 5.75 Å². The summed E-state index contributed by atoms with van der Waals surface area (Å²) in [6.45, 7) is 16.0. The Labute approximate surface area is 137 Å². The molecule has 0 saturated heterocycles. The van der Waals surface area contributed by atoms with Crippen molar-refractivity contribution < 1.29 is 8.42 Å². The minimum atomic E-state index is -3.14. The highest BCUT2D eigenvalue weighted by molar-refractivity contribution is 7.92. The summed E-state index contributed by atoms with van der Waals surface area (Å²) >= 11 is 0. The Morgan fingerprint density at radius 1 is 0.818 bits per heavy atom. The molecule has 0 aliphatic rings. The molecule has 0 N–H and O–H groups in total. The predicted molar refractivity (Wildman–Crippen MR) is 96.2 cm³/mol. The van der Waals surface area contributed by atoms with Crippen LogP contribution >= 0.6 is 0 Å². The fraction of sp³-hybridized carbons (Fsp3) is 0.684. The van der Waals surface area contributed by atoms with Crippen molar-refractivity contribution in [2.24, 2.45) is 5.41 Å². The van der Waals surface area contributed by atoms with Crippen molar-refractivity contribution in [3.63, 3.8) is 0 Å². The molecule has 0 spiro atoms. The maximum absolute atomic E-state index is 12.5. The van der Waals surface area contributed by atoms with Crippen molar-refractivity contribution >= 4 is 9.84 Å². The van der Waals surface area contributed by atoms with Crippen LogP contribution in [0.25, 0.3) is 0 Å². The standard InChI is InChI=1S/C19H32O2S/c1-17(2,3)13-15-9-11-16(12-10-15)19(7,8)14-22(20,21)18(4,5)6/h9-12H,13-14H2,1-8H3. The minimum absolute atomic E-state index is 0.169. The average molecular weight is 325 g/mol. The summed E-state index contributed by atoms with van der Waals surface area (Å²) in [6.07, 6.45) is 1.02. The molecular weight excluding hydrogens is 292 g/mol. The van der Waals surface area contributed by atoms with Crippen LogP contribution in [0.5, 0.6) is 0 Å². The zero-order chi connectivity index (χ0) is 17.4. The van der Waals surface area contributed by atoms with E-state index >= 15 is 0 Å². The highest BCUT2D eigenvalue weighted by Crippen LogP contribution is 2.30. The Morgan fingerprint density at radius 3 is 1.64 bits per heavy atom. The smallest absolute Gasteiger partial charge is 0.156 e. The molecule has 1 rings (SSSR count). The van der Waals surface area contributed by atoms with Crippen molar-refractivity contribution in [3.05, 3.63) is 35.4 Å². The van der Waals surface area contributed by atoms with Crippen molar-refractivity contribution in [1.29, 1.82) is 0 Å². The molecule has 22 heavy (non-hydrogen) atoms. The zero-order valence-corrected chi connectivity index (χ0v) is 16.3. The topological polar surface area (TPSA) is 34.1 Å². The molecule has 0 aliphatic heterocycles. The Balaban J connectivity index is 3.00. The summed E-state index contributed by atoms with van der Waals surface area (Å²) in [5, 5.41) is 0. The Bertz CT molecular complexity index is 594. The molecule has 0 saturated carbocycles. The van der Waals surface area contributed by atoms with Crippen molar-refractivity contribution in [1.82, 2.24) is 0 Å². The molecule has 0 atom stereocenters. The molecule has 0 aromatic heterocycles. The molecule has 0 fully saturated rings. The molecule has 2 nitrogen and oxygen atoms in total. The highest BCUT2D eigenvalue weighted by Gasteiger charge is 2.35. The summed E-state index contributed by atoms with van der Waals surface area (Å²) in [6, 6.07) is 8.43. The molecule has 0 heterocycles. The van der Waals surface area contributed by atoms with E-state index in [0.29, 0.717) is 0 Å². The lowest BCUT2D eigenvalue weighted by Crippen LogP contribution is -2.38. The van der Waals surface area contributed by atoms with Crippen LogP contribution in [0.3, 0.4) is 0 Å². The van der Waals surface area contributed by atoms with E-state index in [-0.39, 0.29) is 16.6 Å². The van der Waals surface area contributed by atoms with Crippen LogP contribution < -0.4 is 0 Å². The quantitative estimate of drug-likeness (QED) is 0.799.